The summed E-state index contributed by atoms with van der Waals surface area (Å²) in [7, 11) is 0.560. The monoisotopic (exact) mass is 295 g/mol. The smallest absolute Gasteiger partial charge is 0.382 e. The molecule has 0 aromatic rings. The molecule has 1 heterocycles. The zero-order chi connectivity index (χ0) is 14.5. The Morgan fingerprint density at radius 1 is 1.47 bits per heavy atom. The lowest BCUT2D eigenvalue weighted by atomic mass is 9.82. The standard InChI is InChI=1S/C10H23BNO6P/c1-15-6-8-9(18-19(13,14)16-2)7(4-3-5-12)10(11)17-8/h7-10H,3-6,11-12H2,1-2H3,(H,13,14)/t7?,8-,9-,10-/m1/s1. The van der Waals surface area contributed by atoms with Crippen molar-refractivity contribution >= 4 is 15.7 Å². The lowest BCUT2D eigenvalue weighted by Gasteiger charge is -2.24. The molecule has 19 heavy (non-hydrogen) atoms. The largest absolute Gasteiger partial charge is 0.472 e. The molecule has 1 rings (SSSR count). The third-order valence-corrected chi connectivity index (χ3v) is 4.31. The second kappa shape index (κ2) is 7.74. The van der Waals surface area contributed by atoms with Crippen molar-refractivity contribution in [3.05, 3.63) is 0 Å². The van der Waals surface area contributed by atoms with E-state index in [1.54, 1.807) is 7.11 Å². The van der Waals surface area contributed by atoms with E-state index in [1.807, 2.05) is 7.85 Å². The summed E-state index contributed by atoms with van der Waals surface area (Å²) in [6.07, 6.45) is 0.670. The van der Waals surface area contributed by atoms with Crippen LogP contribution in [0, 0.1) is 5.92 Å². The zero-order valence-electron chi connectivity index (χ0n) is 11.7. The van der Waals surface area contributed by atoms with Crippen LogP contribution in [0.5, 0.6) is 0 Å². The summed E-state index contributed by atoms with van der Waals surface area (Å²) < 4.78 is 32.1. The van der Waals surface area contributed by atoms with E-state index in [9.17, 15) is 9.46 Å². The van der Waals surface area contributed by atoms with Gasteiger partial charge in [-0.1, -0.05) is 0 Å². The van der Waals surface area contributed by atoms with Crippen LogP contribution >= 0.6 is 7.82 Å². The van der Waals surface area contributed by atoms with E-state index in [0.29, 0.717) is 13.2 Å². The molecule has 7 nitrogen and oxygen atoms in total. The fraction of sp³-hybridized carbons (Fsp3) is 1.00. The number of ether oxygens (including phenoxy) is 2. The normalized spacial score (nSPS) is 34.3. The number of hydrogen-bond donors (Lipinski definition) is 2. The zero-order valence-corrected chi connectivity index (χ0v) is 12.5. The maximum atomic E-state index is 11.6. The summed E-state index contributed by atoms with van der Waals surface area (Å²) in [5.74, 6) is -0.000625. The van der Waals surface area contributed by atoms with Crippen molar-refractivity contribution in [2.24, 2.45) is 11.7 Å². The number of hydrogen-bond acceptors (Lipinski definition) is 6. The van der Waals surface area contributed by atoms with Gasteiger partial charge in [-0.2, -0.15) is 0 Å². The van der Waals surface area contributed by atoms with Gasteiger partial charge >= 0.3 is 7.82 Å². The highest BCUT2D eigenvalue weighted by molar-refractivity contribution is 7.47. The quantitative estimate of drug-likeness (QED) is 0.459. The molecule has 0 aliphatic carbocycles. The molecular weight excluding hydrogens is 272 g/mol. The van der Waals surface area contributed by atoms with E-state index in [2.05, 4.69) is 4.52 Å². The van der Waals surface area contributed by atoms with Gasteiger partial charge in [0.15, 0.2) is 0 Å². The average molecular weight is 295 g/mol. The lowest BCUT2D eigenvalue weighted by Crippen LogP contribution is -2.33. The molecule has 0 bridgehead atoms. The molecule has 0 saturated carbocycles. The Hall–Kier alpha value is 0.0549. The van der Waals surface area contributed by atoms with E-state index < -0.39 is 13.9 Å². The van der Waals surface area contributed by atoms with Gasteiger partial charge in [0.05, 0.1) is 6.61 Å². The van der Waals surface area contributed by atoms with Crippen LogP contribution in [0.3, 0.4) is 0 Å². The predicted octanol–water partition coefficient (Wildman–Crippen LogP) is -0.522. The maximum absolute atomic E-state index is 11.6. The third-order valence-electron chi connectivity index (χ3n) is 3.34. The van der Waals surface area contributed by atoms with Crippen LogP contribution in [0.15, 0.2) is 0 Å². The third kappa shape index (κ3) is 4.83. The number of methoxy groups -OCH3 is 1. The Morgan fingerprint density at radius 2 is 2.16 bits per heavy atom. The van der Waals surface area contributed by atoms with Crippen LogP contribution in [0.2, 0.25) is 0 Å². The summed E-state index contributed by atoms with van der Waals surface area (Å²) in [6, 6.07) is -0.0754. The van der Waals surface area contributed by atoms with Crippen molar-refractivity contribution in [3.8, 4) is 0 Å². The Balaban J connectivity index is 2.78. The van der Waals surface area contributed by atoms with Crippen LogP contribution in [0.4, 0.5) is 0 Å². The molecular formula is C10H23BNO6P. The van der Waals surface area contributed by atoms with Gasteiger partial charge in [0.25, 0.3) is 0 Å². The van der Waals surface area contributed by atoms with Gasteiger partial charge in [0.2, 0.25) is 0 Å². The SMILES string of the molecule is B[C@@H]1O[C@H](COC)[C@H](OP(=O)(O)OC)C1CCCN. The van der Waals surface area contributed by atoms with Gasteiger partial charge in [-0.3, -0.25) is 9.05 Å². The van der Waals surface area contributed by atoms with Crippen molar-refractivity contribution in [1.82, 2.24) is 0 Å². The highest BCUT2D eigenvalue weighted by Crippen LogP contribution is 2.48. The molecule has 1 saturated heterocycles. The molecule has 3 N–H and O–H groups in total. The molecule has 0 aromatic carbocycles. The predicted molar refractivity (Wildman–Crippen MR) is 72.6 cm³/mol. The number of phosphoric acid groups is 1. The molecule has 0 amide bonds. The van der Waals surface area contributed by atoms with E-state index in [-0.39, 0.29) is 18.0 Å². The number of rotatable bonds is 8. The van der Waals surface area contributed by atoms with Crippen LogP contribution in [-0.4, -0.2) is 58.3 Å². The minimum absolute atomic E-state index is 0.000625. The van der Waals surface area contributed by atoms with Crippen molar-refractivity contribution in [1.29, 1.82) is 0 Å². The molecule has 1 aliphatic heterocycles. The van der Waals surface area contributed by atoms with Gasteiger partial charge in [0.1, 0.15) is 20.1 Å². The van der Waals surface area contributed by atoms with E-state index in [1.165, 1.54) is 0 Å². The Kier molecular flexibility index (Phi) is 6.97. The summed E-state index contributed by atoms with van der Waals surface area (Å²) in [4.78, 5) is 9.49. The van der Waals surface area contributed by atoms with Gasteiger partial charge in [-0.25, -0.2) is 4.57 Å². The minimum atomic E-state index is -4.05. The first-order valence-electron chi connectivity index (χ1n) is 6.36. The molecule has 0 radical (unpaired) electrons. The van der Waals surface area contributed by atoms with Crippen LogP contribution < -0.4 is 5.73 Å². The molecule has 112 valence electrons. The molecule has 5 atom stereocenters. The Morgan fingerprint density at radius 3 is 2.68 bits per heavy atom. The Bertz CT molecular complexity index is 320. The van der Waals surface area contributed by atoms with Gasteiger partial charge in [-0.05, 0) is 19.4 Å². The van der Waals surface area contributed by atoms with E-state index in [4.69, 9.17) is 19.7 Å². The van der Waals surface area contributed by atoms with Crippen molar-refractivity contribution in [3.63, 3.8) is 0 Å². The van der Waals surface area contributed by atoms with Crippen molar-refractivity contribution in [2.75, 3.05) is 27.4 Å². The highest BCUT2D eigenvalue weighted by Gasteiger charge is 2.45. The second-order valence-electron chi connectivity index (χ2n) is 4.65. The first-order valence-corrected chi connectivity index (χ1v) is 7.86. The van der Waals surface area contributed by atoms with Crippen molar-refractivity contribution < 1.29 is 28.0 Å². The first kappa shape index (κ1) is 17.1. The molecule has 0 aromatic heterocycles. The summed E-state index contributed by atoms with van der Waals surface area (Å²) >= 11 is 0. The lowest BCUT2D eigenvalue weighted by molar-refractivity contribution is -0.0193. The maximum Gasteiger partial charge on any atom is 0.472 e. The van der Waals surface area contributed by atoms with E-state index >= 15 is 0 Å². The molecule has 1 fully saturated rings. The average Bonchev–Trinajstić information content (AvgIpc) is 2.63. The highest BCUT2D eigenvalue weighted by atomic mass is 31.2. The molecule has 0 spiro atoms. The molecule has 9 heteroatoms. The van der Waals surface area contributed by atoms with Crippen LogP contribution in [0.25, 0.3) is 0 Å². The number of phosphoric ester groups is 1. The fourth-order valence-corrected chi connectivity index (χ4v) is 3.08. The van der Waals surface area contributed by atoms with Gasteiger partial charge in [-0.15, -0.1) is 0 Å². The second-order valence-corrected chi connectivity index (χ2v) is 6.16. The topological polar surface area (TPSA) is 100 Å². The summed E-state index contributed by atoms with van der Waals surface area (Å²) in [6.45, 7) is 0.865. The van der Waals surface area contributed by atoms with Crippen LogP contribution in [-0.2, 0) is 23.1 Å². The first-order chi connectivity index (χ1) is 8.95. The van der Waals surface area contributed by atoms with Crippen LogP contribution in [0.1, 0.15) is 12.8 Å². The van der Waals surface area contributed by atoms with Crippen molar-refractivity contribution in [2.45, 2.75) is 31.1 Å². The van der Waals surface area contributed by atoms with Gasteiger partial charge < -0.3 is 20.1 Å². The minimum Gasteiger partial charge on any atom is -0.382 e. The summed E-state index contributed by atoms with van der Waals surface area (Å²) in [5.41, 5.74) is 5.51. The molecule has 2 unspecified atom stereocenters. The van der Waals surface area contributed by atoms with Gasteiger partial charge in [0, 0.05) is 26.1 Å². The molecule has 1 aliphatic rings. The fourth-order valence-electron chi connectivity index (χ4n) is 2.39. The number of nitrogens with two attached hydrogens (primary N) is 1. The summed E-state index contributed by atoms with van der Waals surface area (Å²) in [5, 5.41) is 0. The Labute approximate surface area is 114 Å². The van der Waals surface area contributed by atoms with E-state index in [0.717, 1.165) is 20.0 Å².